The minimum absolute atomic E-state index is 0.0507. The van der Waals surface area contributed by atoms with Crippen LogP contribution < -0.4 is 0 Å². The number of hydrogen-bond acceptors (Lipinski definition) is 2. The Balaban J connectivity index is 2.43. The van der Waals surface area contributed by atoms with Crippen LogP contribution in [0, 0.1) is 25.7 Å². The summed E-state index contributed by atoms with van der Waals surface area (Å²) in [6.07, 6.45) is -4.51. The first-order valence-electron chi connectivity index (χ1n) is 5.64. The molecule has 6 heteroatoms. The minimum atomic E-state index is -4.46. The second-order valence-electron chi connectivity index (χ2n) is 4.32. The topological polar surface area (TPSA) is 30.7 Å². The third-order valence-electron chi connectivity index (χ3n) is 2.72. The van der Waals surface area contributed by atoms with Crippen LogP contribution in [0.5, 0.6) is 0 Å². The summed E-state index contributed by atoms with van der Waals surface area (Å²) in [5.41, 5.74) is 3.17. The van der Waals surface area contributed by atoms with Crippen molar-refractivity contribution in [2.75, 3.05) is 0 Å². The average Bonchev–Trinajstić information content (AvgIpc) is 2.56. The molecule has 0 radical (unpaired) electrons. The van der Waals surface area contributed by atoms with Crippen molar-refractivity contribution in [3.63, 3.8) is 0 Å². The van der Waals surface area contributed by atoms with Crippen LogP contribution in [0.2, 0.25) is 0 Å². The molecule has 2 aromatic heterocycles. The van der Waals surface area contributed by atoms with Crippen molar-refractivity contribution in [1.29, 1.82) is 0 Å². The molecular weight excluding hydrogens is 255 g/mol. The molecule has 2 heterocycles. The quantitative estimate of drug-likeness (QED) is 0.744. The van der Waals surface area contributed by atoms with Crippen molar-refractivity contribution < 1.29 is 13.2 Å². The van der Waals surface area contributed by atoms with Gasteiger partial charge in [-0.2, -0.15) is 13.2 Å². The Bertz CT molecular complexity index is 687. The standard InChI is InChI=1S/C13H12F3N3/c1-8-7-9(2)17-12-11(8)18-10(19(12)3)5-4-6-13(14,15)16/h7H,5H2,1-3H3. The highest BCUT2D eigenvalue weighted by Crippen LogP contribution is 2.18. The third-order valence-corrected chi connectivity index (χ3v) is 2.72. The van der Waals surface area contributed by atoms with E-state index < -0.39 is 6.18 Å². The smallest absolute Gasteiger partial charge is 0.315 e. The van der Waals surface area contributed by atoms with E-state index in [1.54, 1.807) is 11.6 Å². The maximum absolute atomic E-state index is 12.0. The summed E-state index contributed by atoms with van der Waals surface area (Å²) in [4.78, 5) is 8.65. The Morgan fingerprint density at radius 1 is 1.26 bits per heavy atom. The van der Waals surface area contributed by atoms with E-state index in [9.17, 15) is 13.2 Å². The van der Waals surface area contributed by atoms with Crippen molar-refractivity contribution in [3.8, 4) is 11.8 Å². The summed E-state index contributed by atoms with van der Waals surface area (Å²) in [5.74, 6) is 3.82. The number of fused-ring (bicyclic) bond motifs is 1. The molecule has 0 aliphatic rings. The first-order chi connectivity index (χ1) is 8.78. The lowest BCUT2D eigenvalue weighted by Crippen LogP contribution is -2.03. The second-order valence-corrected chi connectivity index (χ2v) is 4.32. The Morgan fingerprint density at radius 3 is 2.58 bits per heavy atom. The summed E-state index contributed by atoms with van der Waals surface area (Å²) in [5, 5.41) is 0. The zero-order chi connectivity index (χ0) is 14.2. The molecule has 3 nitrogen and oxygen atoms in total. The van der Waals surface area contributed by atoms with E-state index in [0.717, 1.165) is 11.3 Å². The second kappa shape index (κ2) is 4.57. The van der Waals surface area contributed by atoms with Crippen molar-refractivity contribution in [1.82, 2.24) is 14.5 Å². The summed E-state index contributed by atoms with van der Waals surface area (Å²) in [6.45, 7) is 3.76. The van der Waals surface area contributed by atoms with Crippen LogP contribution in [0.3, 0.4) is 0 Å². The molecule has 0 fully saturated rings. The van der Waals surface area contributed by atoms with Gasteiger partial charge < -0.3 is 4.57 Å². The van der Waals surface area contributed by atoms with Gasteiger partial charge >= 0.3 is 6.18 Å². The van der Waals surface area contributed by atoms with E-state index in [-0.39, 0.29) is 6.42 Å². The number of nitrogens with zero attached hydrogens (tertiary/aromatic N) is 3. The third kappa shape index (κ3) is 2.87. The first kappa shape index (κ1) is 13.4. The lowest BCUT2D eigenvalue weighted by Gasteiger charge is -1.99. The van der Waals surface area contributed by atoms with E-state index in [1.165, 1.54) is 5.92 Å². The molecule has 2 rings (SSSR count). The van der Waals surface area contributed by atoms with Gasteiger partial charge in [-0.1, -0.05) is 5.92 Å². The Morgan fingerprint density at radius 2 is 1.95 bits per heavy atom. The molecule has 0 amide bonds. The zero-order valence-corrected chi connectivity index (χ0v) is 10.8. The maximum atomic E-state index is 12.0. The molecule has 19 heavy (non-hydrogen) atoms. The monoisotopic (exact) mass is 267 g/mol. The van der Waals surface area contributed by atoms with Gasteiger partial charge in [-0.05, 0) is 25.5 Å². The molecule has 0 saturated heterocycles. The zero-order valence-electron chi connectivity index (χ0n) is 10.8. The van der Waals surface area contributed by atoms with Crippen LogP contribution in [-0.2, 0) is 13.5 Å². The van der Waals surface area contributed by atoms with Gasteiger partial charge in [-0.25, -0.2) is 9.97 Å². The van der Waals surface area contributed by atoms with Crippen molar-refractivity contribution >= 4 is 11.2 Å². The molecule has 100 valence electrons. The average molecular weight is 267 g/mol. The van der Waals surface area contributed by atoms with Crippen LogP contribution in [0.25, 0.3) is 11.2 Å². The number of imidazole rings is 1. The predicted octanol–water partition coefficient (Wildman–Crippen LogP) is 2.69. The summed E-state index contributed by atoms with van der Waals surface area (Å²) in [7, 11) is 1.73. The number of halogens is 3. The summed E-state index contributed by atoms with van der Waals surface area (Å²) >= 11 is 0. The molecule has 0 aromatic carbocycles. The highest BCUT2D eigenvalue weighted by molar-refractivity contribution is 5.75. The molecule has 0 saturated carbocycles. The van der Waals surface area contributed by atoms with E-state index >= 15 is 0 Å². The fourth-order valence-corrected chi connectivity index (χ4v) is 1.89. The first-order valence-corrected chi connectivity index (χ1v) is 5.64. The fourth-order valence-electron chi connectivity index (χ4n) is 1.89. The normalized spacial score (nSPS) is 11.5. The molecule has 0 bridgehead atoms. The molecular formula is C13H12F3N3. The number of aromatic nitrogens is 3. The SMILES string of the molecule is Cc1cc(C)c2nc(CC#CC(F)(F)F)n(C)c2n1. The summed E-state index contributed by atoms with van der Waals surface area (Å²) in [6, 6.07) is 1.89. The largest absolute Gasteiger partial charge is 0.457 e. The van der Waals surface area contributed by atoms with E-state index in [2.05, 4.69) is 15.9 Å². The number of rotatable bonds is 1. The summed E-state index contributed by atoms with van der Waals surface area (Å²) < 4.78 is 37.6. The Labute approximate surface area is 108 Å². The Hall–Kier alpha value is -2.03. The molecule has 0 aliphatic carbocycles. The van der Waals surface area contributed by atoms with Crippen LogP contribution in [0.1, 0.15) is 17.1 Å². The van der Waals surface area contributed by atoms with E-state index in [4.69, 9.17) is 0 Å². The van der Waals surface area contributed by atoms with E-state index in [1.807, 2.05) is 19.9 Å². The van der Waals surface area contributed by atoms with Gasteiger partial charge in [0, 0.05) is 18.7 Å². The molecule has 0 N–H and O–H groups in total. The van der Waals surface area contributed by atoms with Crippen LogP contribution >= 0.6 is 0 Å². The van der Waals surface area contributed by atoms with Crippen LogP contribution in [0.15, 0.2) is 6.07 Å². The van der Waals surface area contributed by atoms with Gasteiger partial charge in [-0.15, -0.1) is 0 Å². The molecule has 0 unspecified atom stereocenters. The predicted molar refractivity (Wildman–Crippen MR) is 65.5 cm³/mol. The highest BCUT2D eigenvalue weighted by atomic mass is 19.4. The van der Waals surface area contributed by atoms with Crippen LogP contribution in [0.4, 0.5) is 13.2 Å². The van der Waals surface area contributed by atoms with Crippen molar-refractivity contribution in [3.05, 3.63) is 23.1 Å². The molecule has 0 spiro atoms. The highest BCUT2D eigenvalue weighted by Gasteiger charge is 2.22. The van der Waals surface area contributed by atoms with Gasteiger partial charge in [-0.3, -0.25) is 0 Å². The van der Waals surface area contributed by atoms with Gasteiger partial charge in [0.25, 0.3) is 0 Å². The number of alkyl halides is 3. The molecule has 0 aliphatic heterocycles. The molecule has 0 atom stereocenters. The lowest BCUT2D eigenvalue weighted by molar-refractivity contribution is -0.0697. The fraction of sp³-hybridized carbons (Fsp3) is 0.385. The van der Waals surface area contributed by atoms with E-state index in [0.29, 0.717) is 17.0 Å². The minimum Gasteiger partial charge on any atom is -0.315 e. The van der Waals surface area contributed by atoms with Crippen molar-refractivity contribution in [2.24, 2.45) is 7.05 Å². The molecule has 2 aromatic rings. The van der Waals surface area contributed by atoms with Gasteiger partial charge in [0.1, 0.15) is 11.3 Å². The van der Waals surface area contributed by atoms with Crippen LogP contribution in [-0.4, -0.2) is 20.7 Å². The lowest BCUT2D eigenvalue weighted by atomic mass is 10.2. The van der Waals surface area contributed by atoms with Gasteiger partial charge in [0.15, 0.2) is 5.65 Å². The number of pyridine rings is 1. The Kier molecular flexibility index (Phi) is 3.23. The van der Waals surface area contributed by atoms with Gasteiger partial charge in [0.05, 0.1) is 6.42 Å². The van der Waals surface area contributed by atoms with Gasteiger partial charge in [0.2, 0.25) is 0 Å². The number of hydrogen-bond donors (Lipinski definition) is 0. The maximum Gasteiger partial charge on any atom is 0.457 e. The van der Waals surface area contributed by atoms with Crippen molar-refractivity contribution in [2.45, 2.75) is 26.4 Å². The number of aryl methyl sites for hydroxylation is 3.